The number of aromatic nitrogens is 3. The van der Waals surface area contributed by atoms with E-state index in [1.54, 1.807) is 6.20 Å². The first-order valence-electron chi connectivity index (χ1n) is 4.21. The first kappa shape index (κ1) is 7.98. The van der Waals surface area contributed by atoms with E-state index in [0.29, 0.717) is 0 Å². The van der Waals surface area contributed by atoms with Gasteiger partial charge in [-0.15, -0.1) is 0 Å². The summed E-state index contributed by atoms with van der Waals surface area (Å²) in [5, 5.41) is 6.84. The molecule has 0 spiro atoms. The fraction of sp³-hybridized carbons (Fsp3) is 0.200. The fourth-order valence-corrected chi connectivity index (χ4v) is 1.41. The van der Waals surface area contributed by atoms with Crippen LogP contribution in [0, 0.1) is 13.8 Å². The molecule has 0 aliphatic heterocycles. The summed E-state index contributed by atoms with van der Waals surface area (Å²) in [4.78, 5) is 4.31. The van der Waals surface area contributed by atoms with E-state index >= 15 is 0 Å². The van der Waals surface area contributed by atoms with E-state index in [4.69, 9.17) is 0 Å². The number of hydrogen-bond donors (Lipinski definition) is 1. The van der Waals surface area contributed by atoms with Crippen molar-refractivity contribution in [3.8, 4) is 11.3 Å². The van der Waals surface area contributed by atoms with Crippen LogP contribution in [-0.2, 0) is 0 Å². The maximum atomic E-state index is 4.31. The molecular weight excluding hydrogens is 162 g/mol. The van der Waals surface area contributed by atoms with Crippen LogP contribution in [0.5, 0.6) is 0 Å². The molecule has 2 aromatic heterocycles. The highest BCUT2D eigenvalue weighted by atomic mass is 15.1. The van der Waals surface area contributed by atoms with Crippen LogP contribution in [0.1, 0.15) is 11.4 Å². The Hall–Kier alpha value is -1.64. The number of hydrogen-bond acceptors (Lipinski definition) is 2. The molecule has 0 radical (unpaired) electrons. The third-order valence-corrected chi connectivity index (χ3v) is 1.89. The third kappa shape index (κ3) is 1.59. The molecule has 0 bridgehead atoms. The van der Waals surface area contributed by atoms with Crippen LogP contribution in [-0.4, -0.2) is 15.2 Å². The zero-order chi connectivity index (χ0) is 9.26. The number of nitrogens with zero attached hydrogens (tertiary/aromatic N) is 2. The zero-order valence-corrected chi connectivity index (χ0v) is 7.70. The second kappa shape index (κ2) is 3.01. The van der Waals surface area contributed by atoms with E-state index in [1.165, 1.54) is 0 Å². The first-order valence-corrected chi connectivity index (χ1v) is 4.21. The average molecular weight is 173 g/mol. The molecule has 0 aliphatic carbocycles. The van der Waals surface area contributed by atoms with E-state index in [2.05, 4.69) is 15.2 Å². The van der Waals surface area contributed by atoms with Crippen LogP contribution < -0.4 is 0 Å². The summed E-state index contributed by atoms with van der Waals surface area (Å²) in [6.45, 7) is 3.99. The zero-order valence-electron chi connectivity index (χ0n) is 7.70. The first-order chi connectivity index (χ1) is 6.25. The van der Waals surface area contributed by atoms with E-state index in [-0.39, 0.29) is 0 Å². The van der Waals surface area contributed by atoms with Gasteiger partial charge in [-0.2, -0.15) is 5.10 Å². The summed E-state index contributed by atoms with van der Waals surface area (Å²) >= 11 is 0. The fourth-order valence-electron chi connectivity index (χ4n) is 1.41. The van der Waals surface area contributed by atoms with Crippen molar-refractivity contribution in [3.05, 3.63) is 35.8 Å². The Labute approximate surface area is 76.8 Å². The Bertz CT molecular complexity index is 384. The largest absolute Gasteiger partial charge is 0.278 e. The SMILES string of the molecule is Cc1cc(-c2ccn[nH]2)cc(C)n1. The van der Waals surface area contributed by atoms with Crippen LogP contribution in [0.3, 0.4) is 0 Å². The Morgan fingerprint density at radius 1 is 1.15 bits per heavy atom. The third-order valence-electron chi connectivity index (χ3n) is 1.89. The van der Waals surface area contributed by atoms with Gasteiger partial charge in [0.2, 0.25) is 0 Å². The monoisotopic (exact) mass is 173 g/mol. The summed E-state index contributed by atoms with van der Waals surface area (Å²) in [7, 11) is 0. The molecule has 0 saturated heterocycles. The number of rotatable bonds is 1. The van der Waals surface area contributed by atoms with E-state index in [0.717, 1.165) is 22.6 Å². The van der Waals surface area contributed by atoms with Crippen LogP contribution in [0.2, 0.25) is 0 Å². The summed E-state index contributed by atoms with van der Waals surface area (Å²) < 4.78 is 0. The minimum atomic E-state index is 1.03. The van der Waals surface area contributed by atoms with Gasteiger partial charge in [0.15, 0.2) is 0 Å². The highest BCUT2D eigenvalue weighted by molar-refractivity contribution is 5.59. The molecule has 3 heteroatoms. The second-order valence-electron chi connectivity index (χ2n) is 3.11. The van der Waals surface area contributed by atoms with Gasteiger partial charge >= 0.3 is 0 Å². The molecule has 0 unspecified atom stereocenters. The molecule has 3 nitrogen and oxygen atoms in total. The van der Waals surface area contributed by atoms with Crippen LogP contribution in [0.15, 0.2) is 24.4 Å². The lowest BCUT2D eigenvalue weighted by Crippen LogP contribution is -1.88. The maximum Gasteiger partial charge on any atom is 0.0651 e. The van der Waals surface area contributed by atoms with Crippen molar-refractivity contribution in [1.82, 2.24) is 15.2 Å². The molecule has 0 aliphatic rings. The summed E-state index contributed by atoms with van der Waals surface area (Å²) in [6, 6.07) is 6.04. The van der Waals surface area contributed by atoms with E-state index < -0.39 is 0 Å². The summed E-state index contributed by atoms with van der Waals surface area (Å²) in [6.07, 6.45) is 1.75. The van der Waals surface area contributed by atoms with Crippen LogP contribution in [0.4, 0.5) is 0 Å². The number of pyridine rings is 1. The Morgan fingerprint density at radius 3 is 2.38 bits per heavy atom. The summed E-state index contributed by atoms with van der Waals surface area (Å²) in [5.41, 5.74) is 4.24. The quantitative estimate of drug-likeness (QED) is 0.717. The number of nitrogens with one attached hydrogen (secondary N) is 1. The smallest absolute Gasteiger partial charge is 0.0651 e. The van der Waals surface area contributed by atoms with Gasteiger partial charge in [0.1, 0.15) is 0 Å². The number of H-pyrrole nitrogens is 1. The molecule has 1 N–H and O–H groups in total. The van der Waals surface area contributed by atoms with Gasteiger partial charge < -0.3 is 0 Å². The van der Waals surface area contributed by atoms with Gasteiger partial charge in [0.05, 0.1) is 5.69 Å². The van der Waals surface area contributed by atoms with Gasteiger partial charge in [-0.25, -0.2) is 0 Å². The molecule has 0 atom stereocenters. The molecule has 0 saturated carbocycles. The lowest BCUT2D eigenvalue weighted by Gasteiger charge is -2.00. The number of aromatic amines is 1. The lowest BCUT2D eigenvalue weighted by atomic mass is 10.1. The van der Waals surface area contributed by atoms with E-state index in [1.807, 2.05) is 32.0 Å². The molecule has 0 aromatic carbocycles. The molecule has 2 aromatic rings. The predicted molar refractivity (Wildman–Crippen MR) is 51.3 cm³/mol. The standard InChI is InChI=1S/C10H11N3/c1-7-5-9(6-8(2)12-7)10-3-4-11-13-10/h3-6H,1-2H3,(H,11,13). The van der Waals surface area contributed by atoms with Crippen molar-refractivity contribution in [2.75, 3.05) is 0 Å². The Kier molecular flexibility index (Phi) is 1.85. The molecule has 2 rings (SSSR count). The molecule has 0 amide bonds. The molecular formula is C10H11N3. The van der Waals surface area contributed by atoms with Gasteiger partial charge in [-0.1, -0.05) is 0 Å². The lowest BCUT2D eigenvalue weighted by molar-refractivity contribution is 1.08. The van der Waals surface area contributed by atoms with Crippen molar-refractivity contribution in [2.45, 2.75) is 13.8 Å². The van der Waals surface area contributed by atoms with Gasteiger partial charge in [0.25, 0.3) is 0 Å². The van der Waals surface area contributed by atoms with Crippen molar-refractivity contribution < 1.29 is 0 Å². The highest BCUT2D eigenvalue weighted by Gasteiger charge is 2.00. The second-order valence-corrected chi connectivity index (χ2v) is 3.11. The average Bonchev–Trinajstić information content (AvgIpc) is 2.53. The molecule has 13 heavy (non-hydrogen) atoms. The minimum absolute atomic E-state index is 1.03. The van der Waals surface area contributed by atoms with Gasteiger partial charge in [-0.05, 0) is 32.0 Å². The van der Waals surface area contributed by atoms with Gasteiger partial charge in [-0.3, -0.25) is 10.1 Å². The number of aryl methyl sites for hydroxylation is 2. The normalized spacial score (nSPS) is 10.3. The van der Waals surface area contributed by atoms with Crippen molar-refractivity contribution in [2.24, 2.45) is 0 Å². The van der Waals surface area contributed by atoms with Crippen LogP contribution in [0.25, 0.3) is 11.3 Å². The minimum Gasteiger partial charge on any atom is -0.278 e. The van der Waals surface area contributed by atoms with E-state index in [9.17, 15) is 0 Å². The molecule has 0 fully saturated rings. The maximum absolute atomic E-state index is 4.31. The Balaban J connectivity index is 2.53. The predicted octanol–water partition coefficient (Wildman–Crippen LogP) is 2.09. The van der Waals surface area contributed by atoms with Crippen molar-refractivity contribution >= 4 is 0 Å². The van der Waals surface area contributed by atoms with Crippen molar-refractivity contribution in [3.63, 3.8) is 0 Å². The summed E-state index contributed by atoms with van der Waals surface area (Å²) in [5.74, 6) is 0. The van der Waals surface area contributed by atoms with Crippen LogP contribution >= 0.6 is 0 Å². The van der Waals surface area contributed by atoms with Crippen molar-refractivity contribution in [1.29, 1.82) is 0 Å². The molecule has 2 heterocycles. The topological polar surface area (TPSA) is 41.6 Å². The molecule has 66 valence electrons. The highest BCUT2D eigenvalue weighted by Crippen LogP contribution is 2.17. The Morgan fingerprint density at radius 2 is 1.85 bits per heavy atom. The van der Waals surface area contributed by atoms with Gasteiger partial charge in [0, 0.05) is 23.1 Å².